The zero-order valence-electron chi connectivity index (χ0n) is 10.8. The van der Waals surface area contributed by atoms with E-state index in [2.05, 4.69) is 5.32 Å². The van der Waals surface area contributed by atoms with Gasteiger partial charge in [-0.05, 0) is 33.6 Å². The normalized spacial score (nSPS) is 32.7. The molecule has 0 aromatic carbocycles. The third-order valence-electron chi connectivity index (χ3n) is 3.43. The molecule has 2 rings (SSSR count). The van der Waals surface area contributed by atoms with Gasteiger partial charge in [-0.2, -0.15) is 0 Å². The van der Waals surface area contributed by atoms with Crippen LogP contribution in [0.1, 0.15) is 33.6 Å². The van der Waals surface area contributed by atoms with Gasteiger partial charge in [0, 0.05) is 12.6 Å². The van der Waals surface area contributed by atoms with E-state index in [0.717, 1.165) is 19.4 Å². The number of carbonyl (C=O) groups is 1. The Morgan fingerprint density at radius 1 is 1.47 bits per heavy atom. The lowest BCUT2D eigenvalue weighted by Gasteiger charge is -2.40. The first-order valence-electron chi connectivity index (χ1n) is 6.28. The van der Waals surface area contributed by atoms with Crippen molar-refractivity contribution < 1.29 is 14.6 Å². The molecule has 3 unspecified atom stereocenters. The summed E-state index contributed by atoms with van der Waals surface area (Å²) in [5.41, 5.74) is -0.462. The molecule has 0 aliphatic carbocycles. The number of carbonyl (C=O) groups excluding carboxylic acids is 1. The number of ether oxygens (including phenoxy) is 1. The summed E-state index contributed by atoms with van der Waals surface area (Å²) in [6, 6.07) is 0.285. The van der Waals surface area contributed by atoms with Crippen molar-refractivity contribution in [1.82, 2.24) is 10.2 Å². The van der Waals surface area contributed by atoms with E-state index in [1.54, 1.807) is 0 Å². The van der Waals surface area contributed by atoms with Crippen molar-refractivity contribution in [3.8, 4) is 0 Å². The molecule has 98 valence electrons. The van der Waals surface area contributed by atoms with Gasteiger partial charge in [0.2, 0.25) is 0 Å². The molecule has 2 aliphatic heterocycles. The first-order valence-corrected chi connectivity index (χ1v) is 6.28. The monoisotopic (exact) mass is 242 g/mol. The molecule has 0 saturated carbocycles. The molecule has 17 heavy (non-hydrogen) atoms. The first kappa shape index (κ1) is 12.6. The zero-order valence-corrected chi connectivity index (χ0v) is 10.8. The number of amides is 1. The molecule has 0 aromatic rings. The Balaban J connectivity index is 2.07. The van der Waals surface area contributed by atoms with Crippen molar-refractivity contribution in [1.29, 1.82) is 0 Å². The number of nitrogens with zero attached hydrogens (tertiary/aromatic N) is 1. The van der Waals surface area contributed by atoms with Crippen LogP contribution in [0.3, 0.4) is 0 Å². The highest BCUT2D eigenvalue weighted by atomic mass is 16.6. The Morgan fingerprint density at radius 2 is 2.18 bits per heavy atom. The smallest absolute Gasteiger partial charge is 0.410 e. The van der Waals surface area contributed by atoms with Crippen LogP contribution in [0.25, 0.3) is 0 Å². The maximum atomic E-state index is 12.1. The molecule has 0 spiro atoms. The fraction of sp³-hybridized carbons (Fsp3) is 0.917. The van der Waals surface area contributed by atoms with Crippen LogP contribution in [0.15, 0.2) is 0 Å². The standard InChI is InChI=1S/C12H22N2O3/c1-12(2,3)17-11(16)14-8-4-5-10(14)9(7-15)13-6-8/h8-10,13,15H,4-7H2,1-3H3. The van der Waals surface area contributed by atoms with Crippen LogP contribution in [0, 0.1) is 0 Å². The van der Waals surface area contributed by atoms with E-state index in [4.69, 9.17) is 4.74 Å². The van der Waals surface area contributed by atoms with Crippen molar-refractivity contribution in [2.75, 3.05) is 13.2 Å². The largest absolute Gasteiger partial charge is 0.444 e. The topological polar surface area (TPSA) is 61.8 Å². The number of hydrogen-bond donors (Lipinski definition) is 2. The van der Waals surface area contributed by atoms with E-state index in [-0.39, 0.29) is 30.8 Å². The molecule has 5 nitrogen and oxygen atoms in total. The Kier molecular flexibility index (Phi) is 3.32. The SMILES string of the molecule is CC(C)(C)OC(=O)N1C2CCC1C(CO)NC2. The van der Waals surface area contributed by atoms with Crippen molar-refractivity contribution in [3.05, 3.63) is 0 Å². The third kappa shape index (κ3) is 2.55. The van der Waals surface area contributed by atoms with Crippen LogP contribution in [0.5, 0.6) is 0 Å². The van der Waals surface area contributed by atoms with Gasteiger partial charge in [0.1, 0.15) is 5.60 Å². The number of aliphatic hydroxyl groups is 1. The van der Waals surface area contributed by atoms with Gasteiger partial charge >= 0.3 is 6.09 Å². The minimum absolute atomic E-state index is 0.0127. The van der Waals surface area contributed by atoms with E-state index in [9.17, 15) is 9.90 Å². The molecule has 2 saturated heterocycles. The maximum absolute atomic E-state index is 12.1. The minimum atomic E-state index is -0.462. The second-order valence-electron chi connectivity index (χ2n) is 5.88. The Hall–Kier alpha value is -0.810. The Morgan fingerprint density at radius 3 is 2.76 bits per heavy atom. The van der Waals surface area contributed by atoms with Gasteiger partial charge in [-0.3, -0.25) is 4.90 Å². The predicted octanol–water partition coefficient (Wildman–Crippen LogP) is 0.719. The molecule has 0 aromatic heterocycles. The summed E-state index contributed by atoms with van der Waals surface area (Å²) in [6.07, 6.45) is 1.69. The summed E-state index contributed by atoms with van der Waals surface area (Å²) in [7, 11) is 0. The van der Waals surface area contributed by atoms with Crippen LogP contribution >= 0.6 is 0 Å². The lowest BCUT2D eigenvalue weighted by molar-refractivity contribution is 0.000412. The Labute approximate surface area is 102 Å². The van der Waals surface area contributed by atoms with Crippen LogP contribution in [-0.2, 0) is 4.74 Å². The van der Waals surface area contributed by atoms with Crippen LogP contribution < -0.4 is 5.32 Å². The lowest BCUT2D eigenvalue weighted by atomic mass is 10.1. The third-order valence-corrected chi connectivity index (χ3v) is 3.43. The number of aliphatic hydroxyl groups excluding tert-OH is 1. The van der Waals surface area contributed by atoms with E-state index in [1.165, 1.54) is 0 Å². The van der Waals surface area contributed by atoms with E-state index in [1.807, 2.05) is 25.7 Å². The molecule has 2 aliphatic rings. The number of hydrogen-bond acceptors (Lipinski definition) is 4. The van der Waals surface area contributed by atoms with Gasteiger partial charge in [-0.1, -0.05) is 0 Å². The lowest BCUT2D eigenvalue weighted by Crippen LogP contribution is -2.61. The second-order valence-corrected chi connectivity index (χ2v) is 5.88. The minimum Gasteiger partial charge on any atom is -0.444 e. The molecule has 5 heteroatoms. The van der Waals surface area contributed by atoms with Crippen LogP contribution in [0.4, 0.5) is 4.79 Å². The summed E-state index contributed by atoms with van der Waals surface area (Å²) in [5, 5.41) is 12.6. The summed E-state index contributed by atoms with van der Waals surface area (Å²) in [6.45, 7) is 6.44. The molecule has 2 bridgehead atoms. The first-order chi connectivity index (χ1) is 7.92. The molecular formula is C12H22N2O3. The highest BCUT2D eigenvalue weighted by Crippen LogP contribution is 2.31. The van der Waals surface area contributed by atoms with Crippen molar-refractivity contribution in [2.24, 2.45) is 0 Å². The molecular weight excluding hydrogens is 220 g/mol. The summed E-state index contributed by atoms with van der Waals surface area (Å²) in [5.74, 6) is 0. The number of nitrogens with one attached hydrogen (secondary N) is 1. The highest BCUT2D eigenvalue weighted by Gasteiger charge is 2.45. The average Bonchev–Trinajstić information content (AvgIpc) is 2.52. The van der Waals surface area contributed by atoms with Crippen molar-refractivity contribution in [3.63, 3.8) is 0 Å². The fourth-order valence-corrected chi connectivity index (χ4v) is 2.72. The second kappa shape index (κ2) is 4.46. The zero-order chi connectivity index (χ0) is 12.6. The highest BCUT2D eigenvalue weighted by molar-refractivity contribution is 5.70. The van der Waals surface area contributed by atoms with Gasteiger partial charge in [-0.15, -0.1) is 0 Å². The van der Waals surface area contributed by atoms with E-state index >= 15 is 0 Å². The van der Waals surface area contributed by atoms with Crippen molar-refractivity contribution >= 4 is 6.09 Å². The van der Waals surface area contributed by atoms with Gasteiger partial charge < -0.3 is 15.2 Å². The number of fused-ring (bicyclic) bond motifs is 2. The summed E-state index contributed by atoms with van der Waals surface area (Å²) < 4.78 is 5.43. The van der Waals surface area contributed by atoms with Crippen LogP contribution in [-0.4, -0.2) is 53.0 Å². The number of piperazine rings is 1. The molecule has 1 amide bonds. The van der Waals surface area contributed by atoms with E-state index in [0.29, 0.717) is 0 Å². The Bertz CT molecular complexity index is 301. The van der Waals surface area contributed by atoms with E-state index < -0.39 is 5.60 Å². The molecule has 0 radical (unpaired) electrons. The average molecular weight is 242 g/mol. The molecule has 2 N–H and O–H groups in total. The summed E-state index contributed by atoms with van der Waals surface area (Å²) in [4.78, 5) is 14.0. The fourth-order valence-electron chi connectivity index (χ4n) is 2.72. The maximum Gasteiger partial charge on any atom is 0.410 e. The van der Waals surface area contributed by atoms with Crippen LogP contribution in [0.2, 0.25) is 0 Å². The van der Waals surface area contributed by atoms with Crippen molar-refractivity contribution in [2.45, 2.75) is 57.3 Å². The predicted molar refractivity (Wildman–Crippen MR) is 63.8 cm³/mol. The summed E-state index contributed by atoms with van der Waals surface area (Å²) >= 11 is 0. The van der Waals surface area contributed by atoms with Gasteiger partial charge in [0.15, 0.2) is 0 Å². The molecule has 2 heterocycles. The quantitative estimate of drug-likeness (QED) is 0.711. The van der Waals surface area contributed by atoms with Gasteiger partial charge in [-0.25, -0.2) is 4.79 Å². The molecule has 2 fully saturated rings. The molecule has 3 atom stereocenters. The number of rotatable bonds is 1. The van der Waals surface area contributed by atoms with Gasteiger partial charge in [0.25, 0.3) is 0 Å². The van der Waals surface area contributed by atoms with Gasteiger partial charge in [0.05, 0.1) is 18.7 Å².